The zero-order valence-corrected chi connectivity index (χ0v) is 15.7. The maximum Gasteiger partial charge on any atom is 0.164 e. The molecule has 0 aliphatic carbocycles. The number of nitrogens with zero attached hydrogens (tertiary/aromatic N) is 5. The maximum atomic E-state index is 9.63. The van der Waals surface area contributed by atoms with Gasteiger partial charge in [-0.1, -0.05) is 0 Å². The van der Waals surface area contributed by atoms with E-state index in [0.717, 1.165) is 61.4 Å². The molecule has 2 aromatic heterocycles. The third-order valence-electron chi connectivity index (χ3n) is 5.52. The molecule has 0 atom stereocenters. The van der Waals surface area contributed by atoms with Gasteiger partial charge in [-0.05, 0) is 50.2 Å². The lowest BCUT2D eigenvalue weighted by Gasteiger charge is -2.28. The van der Waals surface area contributed by atoms with E-state index in [2.05, 4.69) is 14.9 Å². The zero-order chi connectivity index (χ0) is 18.9. The minimum atomic E-state index is 0.234. The molecule has 146 valence electrons. The second-order valence-electron chi connectivity index (χ2n) is 7.32. The minimum absolute atomic E-state index is 0.234. The van der Waals surface area contributed by atoms with Crippen molar-refractivity contribution >= 4 is 16.9 Å². The Morgan fingerprint density at radius 3 is 2.54 bits per heavy atom. The quantitative estimate of drug-likeness (QED) is 0.718. The molecule has 0 bridgehead atoms. The van der Waals surface area contributed by atoms with Crippen molar-refractivity contribution in [1.29, 1.82) is 0 Å². The largest absolute Gasteiger partial charge is 0.508 e. The number of aromatic nitrogens is 4. The number of piperidine rings is 1. The predicted octanol–water partition coefficient (Wildman–Crippen LogP) is 1.96. The molecule has 0 saturated carbocycles. The van der Waals surface area contributed by atoms with Crippen LogP contribution in [0.4, 0.5) is 5.82 Å². The van der Waals surface area contributed by atoms with E-state index in [-0.39, 0.29) is 5.75 Å². The number of benzene rings is 1. The minimum Gasteiger partial charge on any atom is -0.508 e. The van der Waals surface area contributed by atoms with Crippen molar-refractivity contribution < 1.29 is 9.84 Å². The molecular formula is C20H24N6O2. The van der Waals surface area contributed by atoms with E-state index < -0.39 is 0 Å². The topological polar surface area (TPSA) is 88.3 Å². The van der Waals surface area contributed by atoms with E-state index in [1.54, 1.807) is 12.1 Å². The fourth-order valence-electron chi connectivity index (χ4n) is 3.99. The number of fused-ring (bicyclic) bond motifs is 1. The highest BCUT2D eigenvalue weighted by Gasteiger charge is 2.24. The third kappa shape index (κ3) is 3.18. The highest BCUT2D eigenvalue weighted by molar-refractivity contribution is 5.89. The summed E-state index contributed by atoms with van der Waals surface area (Å²) in [6.45, 7) is 5.00. The fraction of sp³-hybridized carbons (Fsp3) is 0.450. The molecule has 0 amide bonds. The van der Waals surface area contributed by atoms with Crippen molar-refractivity contribution in [3.63, 3.8) is 0 Å². The van der Waals surface area contributed by atoms with Gasteiger partial charge in [0.05, 0.1) is 30.8 Å². The molecule has 8 nitrogen and oxygen atoms in total. The highest BCUT2D eigenvalue weighted by Crippen LogP contribution is 2.31. The van der Waals surface area contributed by atoms with Crippen LogP contribution in [0, 0.1) is 0 Å². The Bertz CT molecular complexity index is 959. The van der Waals surface area contributed by atoms with Gasteiger partial charge in [-0.2, -0.15) is 5.10 Å². The molecule has 4 heterocycles. The number of phenols is 1. The normalized spacial score (nSPS) is 18.6. The molecule has 0 spiro atoms. The van der Waals surface area contributed by atoms with Gasteiger partial charge in [-0.3, -0.25) is 0 Å². The summed E-state index contributed by atoms with van der Waals surface area (Å²) < 4.78 is 7.60. The van der Waals surface area contributed by atoms with Gasteiger partial charge in [0.1, 0.15) is 11.6 Å². The van der Waals surface area contributed by atoms with E-state index in [9.17, 15) is 5.11 Å². The Hall–Kier alpha value is -2.71. The summed E-state index contributed by atoms with van der Waals surface area (Å²) in [6.07, 6.45) is 3.99. The number of aromatic hydroxyl groups is 1. The summed E-state index contributed by atoms with van der Waals surface area (Å²) >= 11 is 0. The highest BCUT2D eigenvalue weighted by atomic mass is 16.5. The number of hydrogen-bond donors (Lipinski definition) is 2. The van der Waals surface area contributed by atoms with Crippen LogP contribution in [0.2, 0.25) is 0 Å². The Morgan fingerprint density at radius 1 is 1.04 bits per heavy atom. The maximum absolute atomic E-state index is 9.63. The van der Waals surface area contributed by atoms with Crippen LogP contribution >= 0.6 is 0 Å². The lowest BCUT2D eigenvalue weighted by Crippen LogP contribution is -2.37. The molecule has 2 aliphatic heterocycles. The van der Waals surface area contributed by atoms with Crippen molar-refractivity contribution in [3.05, 3.63) is 30.5 Å². The number of hydrogen-bond acceptors (Lipinski definition) is 7. The Labute approximate surface area is 163 Å². The first-order chi connectivity index (χ1) is 13.8. The summed E-state index contributed by atoms with van der Waals surface area (Å²) in [4.78, 5) is 12.0. The molecule has 0 unspecified atom stereocenters. The molecule has 0 radical (unpaired) electrons. The molecule has 8 heteroatoms. The lowest BCUT2D eigenvalue weighted by molar-refractivity contribution is 0.122. The smallest absolute Gasteiger partial charge is 0.164 e. The van der Waals surface area contributed by atoms with Gasteiger partial charge in [0.25, 0.3) is 0 Å². The third-order valence-corrected chi connectivity index (χ3v) is 5.52. The Balaban J connectivity index is 1.65. The first kappa shape index (κ1) is 17.4. The SMILES string of the molecule is Oc1ccc(-c2nc(N3CCOCC3)c3cnn(C4CCNCC4)c3n2)cc1. The van der Waals surface area contributed by atoms with Crippen LogP contribution in [0.5, 0.6) is 5.75 Å². The van der Waals surface area contributed by atoms with E-state index in [0.29, 0.717) is 25.1 Å². The van der Waals surface area contributed by atoms with Crippen LogP contribution in [0.25, 0.3) is 22.4 Å². The number of nitrogens with one attached hydrogen (secondary N) is 1. The number of rotatable bonds is 3. The van der Waals surface area contributed by atoms with Gasteiger partial charge >= 0.3 is 0 Å². The molecule has 5 rings (SSSR count). The van der Waals surface area contributed by atoms with Crippen LogP contribution < -0.4 is 10.2 Å². The first-order valence-corrected chi connectivity index (χ1v) is 9.88. The summed E-state index contributed by atoms with van der Waals surface area (Å²) in [5.74, 6) is 1.80. The Kier molecular flexibility index (Phi) is 4.58. The molecule has 1 aromatic carbocycles. The molecule has 2 aliphatic rings. The number of phenolic OH excluding ortho intramolecular Hbond substituents is 1. The van der Waals surface area contributed by atoms with Crippen molar-refractivity contribution in [3.8, 4) is 17.1 Å². The lowest BCUT2D eigenvalue weighted by atomic mass is 10.1. The zero-order valence-electron chi connectivity index (χ0n) is 15.7. The van der Waals surface area contributed by atoms with E-state index in [1.165, 1.54) is 0 Å². The summed E-state index contributed by atoms with van der Waals surface area (Å²) in [7, 11) is 0. The summed E-state index contributed by atoms with van der Waals surface area (Å²) in [5, 5.41) is 18.7. The molecular weight excluding hydrogens is 356 g/mol. The van der Waals surface area contributed by atoms with Gasteiger partial charge in [-0.25, -0.2) is 14.6 Å². The van der Waals surface area contributed by atoms with Crippen LogP contribution in [-0.4, -0.2) is 64.2 Å². The first-order valence-electron chi connectivity index (χ1n) is 9.88. The van der Waals surface area contributed by atoms with Crippen LogP contribution in [0.1, 0.15) is 18.9 Å². The number of morpholine rings is 1. The van der Waals surface area contributed by atoms with Crippen LogP contribution in [-0.2, 0) is 4.74 Å². The van der Waals surface area contributed by atoms with Crippen LogP contribution in [0.3, 0.4) is 0 Å². The molecule has 28 heavy (non-hydrogen) atoms. The van der Waals surface area contributed by atoms with Crippen LogP contribution in [0.15, 0.2) is 30.5 Å². The average molecular weight is 380 g/mol. The molecule has 3 aromatic rings. The van der Waals surface area contributed by atoms with E-state index in [4.69, 9.17) is 19.8 Å². The van der Waals surface area contributed by atoms with Gasteiger partial charge < -0.3 is 20.1 Å². The van der Waals surface area contributed by atoms with Gasteiger partial charge in [0.2, 0.25) is 0 Å². The van der Waals surface area contributed by atoms with Gasteiger partial charge in [0.15, 0.2) is 11.5 Å². The fourth-order valence-corrected chi connectivity index (χ4v) is 3.99. The summed E-state index contributed by atoms with van der Waals surface area (Å²) in [6, 6.07) is 7.39. The van der Waals surface area contributed by atoms with Crippen molar-refractivity contribution in [2.24, 2.45) is 0 Å². The van der Waals surface area contributed by atoms with Crippen molar-refractivity contribution in [2.75, 3.05) is 44.3 Å². The van der Waals surface area contributed by atoms with Gasteiger partial charge in [0, 0.05) is 18.7 Å². The standard InChI is InChI=1S/C20H24N6O2/c27-16-3-1-14(2-4-16)18-23-19(25-9-11-28-12-10-25)17-13-22-26(20(17)24-18)15-5-7-21-8-6-15/h1-4,13,15,21,27H,5-12H2. The second-order valence-corrected chi connectivity index (χ2v) is 7.32. The van der Waals surface area contributed by atoms with E-state index >= 15 is 0 Å². The monoisotopic (exact) mass is 380 g/mol. The molecule has 2 fully saturated rings. The van der Waals surface area contributed by atoms with Crippen molar-refractivity contribution in [1.82, 2.24) is 25.1 Å². The average Bonchev–Trinajstić information content (AvgIpc) is 3.19. The summed E-state index contributed by atoms with van der Waals surface area (Å²) in [5.41, 5.74) is 1.76. The number of ether oxygens (including phenoxy) is 1. The van der Waals surface area contributed by atoms with E-state index in [1.807, 2.05) is 18.3 Å². The number of anilines is 1. The molecule has 2 saturated heterocycles. The predicted molar refractivity (Wildman–Crippen MR) is 107 cm³/mol. The molecule has 2 N–H and O–H groups in total. The second kappa shape index (κ2) is 7.37. The van der Waals surface area contributed by atoms with Crippen molar-refractivity contribution in [2.45, 2.75) is 18.9 Å². The van der Waals surface area contributed by atoms with Gasteiger partial charge in [-0.15, -0.1) is 0 Å². The Morgan fingerprint density at radius 2 is 1.79 bits per heavy atom.